The lowest BCUT2D eigenvalue weighted by molar-refractivity contribution is 0.251. The average molecular weight is 145 g/mol. The molecular weight excluding hydrogens is 126 g/mol. The zero-order valence-electron chi connectivity index (χ0n) is 7.06. The van der Waals surface area contributed by atoms with E-state index in [0.29, 0.717) is 0 Å². The standard InChI is InChI=1S/C8H19NO/c1-3-4-5-6-9-8(2)7-10/h8-10H,3-7H2,1-2H3. The molecule has 0 aliphatic heterocycles. The minimum Gasteiger partial charge on any atom is -0.395 e. The molecule has 0 fully saturated rings. The highest BCUT2D eigenvalue weighted by Gasteiger charge is 1.95. The topological polar surface area (TPSA) is 32.3 Å². The van der Waals surface area contributed by atoms with E-state index in [0.717, 1.165) is 6.54 Å². The van der Waals surface area contributed by atoms with Gasteiger partial charge in [0.15, 0.2) is 0 Å². The molecule has 0 aromatic heterocycles. The Kier molecular flexibility index (Phi) is 6.98. The highest BCUT2D eigenvalue weighted by molar-refractivity contribution is 4.56. The summed E-state index contributed by atoms with van der Waals surface area (Å²) >= 11 is 0. The largest absolute Gasteiger partial charge is 0.395 e. The fourth-order valence-electron chi connectivity index (χ4n) is 0.788. The van der Waals surface area contributed by atoms with Gasteiger partial charge in [0.05, 0.1) is 6.61 Å². The van der Waals surface area contributed by atoms with Crippen LogP contribution in [0.3, 0.4) is 0 Å². The van der Waals surface area contributed by atoms with Crippen molar-refractivity contribution in [3.8, 4) is 0 Å². The molecule has 1 atom stereocenters. The van der Waals surface area contributed by atoms with Crippen LogP contribution in [0.1, 0.15) is 33.1 Å². The van der Waals surface area contributed by atoms with Crippen LogP contribution in [0.2, 0.25) is 0 Å². The summed E-state index contributed by atoms with van der Waals surface area (Å²) in [5.41, 5.74) is 0. The van der Waals surface area contributed by atoms with E-state index in [2.05, 4.69) is 12.2 Å². The summed E-state index contributed by atoms with van der Waals surface area (Å²) in [5, 5.41) is 11.8. The van der Waals surface area contributed by atoms with Gasteiger partial charge in [0.2, 0.25) is 0 Å². The van der Waals surface area contributed by atoms with Gasteiger partial charge < -0.3 is 10.4 Å². The van der Waals surface area contributed by atoms with E-state index >= 15 is 0 Å². The highest BCUT2D eigenvalue weighted by atomic mass is 16.3. The molecule has 1 unspecified atom stereocenters. The lowest BCUT2D eigenvalue weighted by Gasteiger charge is -2.09. The van der Waals surface area contributed by atoms with Crippen LogP contribution < -0.4 is 5.32 Å². The Labute approximate surface area is 63.6 Å². The number of aliphatic hydroxyl groups excluding tert-OH is 1. The third-order valence-corrected chi connectivity index (χ3v) is 1.55. The number of aliphatic hydroxyl groups is 1. The molecule has 0 rings (SSSR count). The molecule has 0 radical (unpaired) electrons. The Morgan fingerprint density at radius 1 is 1.40 bits per heavy atom. The molecule has 0 aromatic carbocycles. The molecule has 2 heteroatoms. The molecule has 10 heavy (non-hydrogen) atoms. The molecule has 0 heterocycles. The van der Waals surface area contributed by atoms with Crippen LogP contribution >= 0.6 is 0 Å². The maximum atomic E-state index is 8.63. The average Bonchev–Trinajstić information content (AvgIpc) is 1.98. The summed E-state index contributed by atoms with van der Waals surface area (Å²) in [4.78, 5) is 0. The number of nitrogens with one attached hydrogen (secondary N) is 1. The first-order valence-electron chi connectivity index (χ1n) is 4.15. The van der Waals surface area contributed by atoms with Gasteiger partial charge in [-0.25, -0.2) is 0 Å². The van der Waals surface area contributed by atoms with Crippen LogP contribution in [-0.4, -0.2) is 24.3 Å². The first-order valence-corrected chi connectivity index (χ1v) is 4.15. The summed E-state index contributed by atoms with van der Waals surface area (Å²) in [6.07, 6.45) is 3.77. The van der Waals surface area contributed by atoms with E-state index in [4.69, 9.17) is 5.11 Å². The zero-order chi connectivity index (χ0) is 7.82. The number of hydrogen-bond donors (Lipinski definition) is 2. The summed E-state index contributed by atoms with van der Waals surface area (Å²) < 4.78 is 0. The van der Waals surface area contributed by atoms with Crippen molar-refractivity contribution in [3.05, 3.63) is 0 Å². The van der Waals surface area contributed by atoms with Gasteiger partial charge in [-0.2, -0.15) is 0 Å². The minimum absolute atomic E-state index is 0.242. The van der Waals surface area contributed by atoms with Gasteiger partial charge in [0.25, 0.3) is 0 Å². The Balaban J connectivity index is 2.89. The number of unbranched alkanes of at least 4 members (excludes halogenated alkanes) is 2. The van der Waals surface area contributed by atoms with E-state index < -0.39 is 0 Å². The Morgan fingerprint density at radius 3 is 2.60 bits per heavy atom. The Bertz CT molecular complexity index is 66.3. The Morgan fingerprint density at radius 2 is 2.10 bits per heavy atom. The van der Waals surface area contributed by atoms with Crippen molar-refractivity contribution in [2.45, 2.75) is 39.2 Å². The van der Waals surface area contributed by atoms with Crippen molar-refractivity contribution in [3.63, 3.8) is 0 Å². The van der Waals surface area contributed by atoms with Crippen LogP contribution in [0.4, 0.5) is 0 Å². The molecule has 0 aliphatic carbocycles. The molecule has 2 N–H and O–H groups in total. The molecule has 0 amide bonds. The smallest absolute Gasteiger partial charge is 0.0581 e. The van der Waals surface area contributed by atoms with Crippen molar-refractivity contribution in [2.24, 2.45) is 0 Å². The fraction of sp³-hybridized carbons (Fsp3) is 1.00. The highest BCUT2D eigenvalue weighted by Crippen LogP contribution is 1.91. The van der Waals surface area contributed by atoms with Crippen molar-refractivity contribution >= 4 is 0 Å². The van der Waals surface area contributed by atoms with Crippen LogP contribution in [0.25, 0.3) is 0 Å². The van der Waals surface area contributed by atoms with Crippen LogP contribution in [-0.2, 0) is 0 Å². The number of hydrogen-bond acceptors (Lipinski definition) is 2. The van der Waals surface area contributed by atoms with Gasteiger partial charge in [0.1, 0.15) is 0 Å². The lowest BCUT2D eigenvalue weighted by atomic mass is 10.2. The van der Waals surface area contributed by atoms with E-state index in [1.807, 2.05) is 6.92 Å². The predicted molar refractivity (Wildman–Crippen MR) is 44.1 cm³/mol. The molecule has 0 bridgehead atoms. The second-order valence-corrected chi connectivity index (χ2v) is 2.74. The van der Waals surface area contributed by atoms with E-state index in [9.17, 15) is 0 Å². The second-order valence-electron chi connectivity index (χ2n) is 2.74. The normalized spacial score (nSPS) is 13.5. The molecule has 2 nitrogen and oxygen atoms in total. The van der Waals surface area contributed by atoms with Gasteiger partial charge in [-0.05, 0) is 19.9 Å². The first-order chi connectivity index (χ1) is 4.81. The summed E-state index contributed by atoms with van der Waals surface area (Å²) in [6, 6.07) is 0.261. The van der Waals surface area contributed by atoms with Gasteiger partial charge in [-0.15, -0.1) is 0 Å². The Hall–Kier alpha value is -0.0800. The van der Waals surface area contributed by atoms with Gasteiger partial charge >= 0.3 is 0 Å². The van der Waals surface area contributed by atoms with Crippen molar-refractivity contribution in [1.29, 1.82) is 0 Å². The zero-order valence-corrected chi connectivity index (χ0v) is 7.06. The first kappa shape index (κ1) is 9.92. The minimum atomic E-state index is 0.242. The van der Waals surface area contributed by atoms with Crippen molar-refractivity contribution in [2.75, 3.05) is 13.2 Å². The van der Waals surface area contributed by atoms with Crippen LogP contribution in [0.5, 0.6) is 0 Å². The predicted octanol–water partition coefficient (Wildman–Crippen LogP) is 1.15. The monoisotopic (exact) mass is 145 g/mol. The van der Waals surface area contributed by atoms with Gasteiger partial charge in [0, 0.05) is 6.04 Å². The summed E-state index contributed by atoms with van der Waals surface area (Å²) in [7, 11) is 0. The van der Waals surface area contributed by atoms with E-state index in [1.54, 1.807) is 0 Å². The quantitative estimate of drug-likeness (QED) is 0.549. The molecule has 0 saturated heterocycles. The van der Waals surface area contributed by atoms with E-state index in [1.165, 1.54) is 19.3 Å². The van der Waals surface area contributed by atoms with Crippen LogP contribution in [0.15, 0.2) is 0 Å². The maximum Gasteiger partial charge on any atom is 0.0581 e. The third kappa shape index (κ3) is 6.05. The van der Waals surface area contributed by atoms with Gasteiger partial charge in [-0.3, -0.25) is 0 Å². The summed E-state index contributed by atoms with van der Waals surface area (Å²) in [6.45, 7) is 5.46. The van der Waals surface area contributed by atoms with E-state index in [-0.39, 0.29) is 12.6 Å². The van der Waals surface area contributed by atoms with Crippen LogP contribution in [0, 0.1) is 0 Å². The maximum absolute atomic E-state index is 8.63. The molecule has 0 saturated carbocycles. The molecule has 0 aromatic rings. The summed E-state index contributed by atoms with van der Waals surface area (Å²) in [5.74, 6) is 0. The van der Waals surface area contributed by atoms with Crippen molar-refractivity contribution in [1.82, 2.24) is 5.32 Å². The second kappa shape index (κ2) is 7.03. The third-order valence-electron chi connectivity index (χ3n) is 1.55. The molecular formula is C8H19NO. The van der Waals surface area contributed by atoms with Crippen molar-refractivity contribution < 1.29 is 5.11 Å². The molecule has 0 spiro atoms. The number of rotatable bonds is 6. The molecule has 62 valence electrons. The SMILES string of the molecule is CCCCCNC(C)CO. The molecule has 0 aliphatic rings. The fourth-order valence-corrected chi connectivity index (χ4v) is 0.788. The lowest BCUT2D eigenvalue weighted by Crippen LogP contribution is -2.29. The van der Waals surface area contributed by atoms with Gasteiger partial charge in [-0.1, -0.05) is 19.8 Å².